The third-order valence-electron chi connectivity index (χ3n) is 5.71. The Kier molecular flexibility index (Phi) is 7.35. The number of hydrazone groups is 1. The Morgan fingerprint density at radius 2 is 1.74 bits per heavy atom. The van der Waals surface area contributed by atoms with E-state index in [1.54, 1.807) is 54.6 Å². The second-order valence-electron chi connectivity index (χ2n) is 8.15. The van der Waals surface area contributed by atoms with E-state index in [-0.39, 0.29) is 27.5 Å². The van der Waals surface area contributed by atoms with Crippen LogP contribution in [-0.2, 0) is 0 Å². The number of carbonyl (C=O) groups excluding carboxylic acids is 2. The Morgan fingerprint density at radius 1 is 0.974 bits per heavy atom. The number of fused-ring (bicyclic) bond motifs is 1. The van der Waals surface area contributed by atoms with E-state index >= 15 is 0 Å². The predicted octanol–water partition coefficient (Wildman–Crippen LogP) is 7.37. The van der Waals surface area contributed by atoms with E-state index < -0.39 is 17.7 Å². The Labute approximate surface area is 230 Å². The van der Waals surface area contributed by atoms with Gasteiger partial charge in [0.25, 0.3) is 5.91 Å². The number of para-hydroxylation sites is 1. The van der Waals surface area contributed by atoms with E-state index in [0.29, 0.717) is 21.0 Å². The highest BCUT2D eigenvalue weighted by atomic mass is 79.9. The Bertz CT molecular complexity index is 1700. The number of hydrogen-bond acceptors (Lipinski definition) is 4. The average molecular weight is 591 g/mol. The van der Waals surface area contributed by atoms with Crippen LogP contribution < -0.4 is 10.2 Å². The van der Waals surface area contributed by atoms with Gasteiger partial charge >= 0.3 is 5.97 Å². The van der Waals surface area contributed by atoms with E-state index in [9.17, 15) is 14.0 Å². The minimum absolute atomic E-state index is 0.160. The highest BCUT2D eigenvalue weighted by molar-refractivity contribution is 9.10. The second-order valence-corrected chi connectivity index (χ2v) is 9.48. The first-order valence-electron chi connectivity index (χ1n) is 11.4. The lowest BCUT2D eigenvalue weighted by Crippen LogP contribution is -2.19. The molecule has 4 aromatic carbocycles. The van der Waals surface area contributed by atoms with Gasteiger partial charge in [-0.25, -0.2) is 14.6 Å². The number of H-pyrrole nitrogens is 1. The molecule has 0 spiro atoms. The molecule has 0 aliphatic rings. The second kappa shape index (κ2) is 11.0. The predicted molar refractivity (Wildman–Crippen MR) is 149 cm³/mol. The summed E-state index contributed by atoms with van der Waals surface area (Å²) in [6.07, 6.45) is 1.35. The van der Waals surface area contributed by atoms with Crippen LogP contribution in [0, 0.1) is 5.82 Å². The van der Waals surface area contributed by atoms with Crippen LogP contribution in [-0.4, -0.2) is 23.1 Å². The average Bonchev–Trinajstić information content (AvgIpc) is 3.32. The summed E-state index contributed by atoms with van der Waals surface area (Å²) in [5.41, 5.74) is 4.81. The number of carbonyl (C=O) groups is 2. The Morgan fingerprint density at radius 3 is 2.53 bits per heavy atom. The standard InChI is InChI=1S/C29H18BrClFN3O3/c30-19-13-14-24(38-29(37)20-9-4-5-11-22(20)31)18(15-19)16-33-35-28(36)27-25(17-7-2-1-3-8-17)21-10-6-12-23(32)26(21)34-27/h1-16,34H,(H,35,36). The van der Waals surface area contributed by atoms with Gasteiger partial charge in [0, 0.05) is 21.0 Å². The summed E-state index contributed by atoms with van der Waals surface area (Å²) in [5, 5.41) is 4.91. The van der Waals surface area contributed by atoms with Crippen molar-refractivity contribution in [3.8, 4) is 16.9 Å². The third kappa shape index (κ3) is 5.22. The molecule has 6 nitrogen and oxygen atoms in total. The van der Waals surface area contributed by atoms with Gasteiger partial charge < -0.3 is 9.72 Å². The van der Waals surface area contributed by atoms with Gasteiger partial charge in [-0.1, -0.05) is 82.1 Å². The van der Waals surface area contributed by atoms with Gasteiger partial charge in [0.2, 0.25) is 0 Å². The molecule has 0 saturated heterocycles. The number of esters is 1. The van der Waals surface area contributed by atoms with Crippen LogP contribution in [0.3, 0.4) is 0 Å². The molecule has 0 saturated carbocycles. The molecule has 5 aromatic rings. The zero-order chi connectivity index (χ0) is 26.6. The van der Waals surface area contributed by atoms with Crippen molar-refractivity contribution >= 4 is 56.5 Å². The Hall–Kier alpha value is -4.27. The largest absolute Gasteiger partial charge is 0.422 e. The SMILES string of the molecule is O=C(Oc1ccc(Br)cc1C=NNC(=O)c1[nH]c2c(F)cccc2c1-c1ccccc1)c1ccccc1Cl. The summed E-state index contributed by atoms with van der Waals surface area (Å²) < 4.78 is 20.8. The molecule has 5 rings (SSSR count). The van der Waals surface area contributed by atoms with Crippen molar-refractivity contribution in [1.29, 1.82) is 0 Å². The quantitative estimate of drug-likeness (QED) is 0.0937. The smallest absolute Gasteiger partial charge is 0.345 e. The number of rotatable bonds is 6. The van der Waals surface area contributed by atoms with Gasteiger partial charge in [-0.2, -0.15) is 5.10 Å². The maximum absolute atomic E-state index is 14.5. The Balaban J connectivity index is 1.42. The molecule has 2 N–H and O–H groups in total. The molecule has 9 heteroatoms. The van der Waals surface area contributed by atoms with Crippen molar-refractivity contribution in [2.45, 2.75) is 0 Å². The molecular weight excluding hydrogens is 573 g/mol. The molecule has 0 aliphatic heterocycles. The fraction of sp³-hybridized carbons (Fsp3) is 0. The van der Waals surface area contributed by atoms with Crippen molar-refractivity contribution in [1.82, 2.24) is 10.4 Å². The van der Waals surface area contributed by atoms with E-state index in [1.807, 2.05) is 30.3 Å². The fourth-order valence-corrected chi connectivity index (χ4v) is 4.56. The molecule has 0 fully saturated rings. The maximum Gasteiger partial charge on any atom is 0.345 e. The number of aromatic nitrogens is 1. The van der Waals surface area contributed by atoms with Crippen LogP contribution in [0.1, 0.15) is 26.4 Å². The number of hydrogen-bond donors (Lipinski definition) is 2. The number of aromatic amines is 1. The summed E-state index contributed by atoms with van der Waals surface area (Å²) in [6.45, 7) is 0. The van der Waals surface area contributed by atoms with Gasteiger partial charge in [-0.15, -0.1) is 0 Å². The van der Waals surface area contributed by atoms with Crippen LogP contribution in [0.2, 0.25) is 5.02 Å². The molecular formula is C29H18BrClFN3O3. The number of ether oxygens (including phenoxy) is 1. The van der Waals surface area contributed by atoms with Crippen molar-refractivity contribution in [2.24, 2.45) is 5.10 Å². The number of amides is 1. The molecule has 0 bridgehead atoms. The number of benzene rings is 4. The van der Waals surface area contributed by atoms with Gasteiger partial charge in [0.15, 0.2) is 0 Å². The summed E-state index contributed by atoms with van der Waals surface area (Å²) >= 11 is 9.50. The lowest BCUT2D eigenvalue weighted by atomic mass is 10.0. The first-order valence-corrected chi connectivity index (χ1v) is 12.5. The fourth-order valence-electron chi connectivity index (χ4n) is 3.97. The monoisotopic (exact) mass is 589 g/mol. The number of nitrogens with zero attached hydrogens (tertiary/aromatic N) is 1. The van der Waals surface area contributed by atoms with Crippen LogP contribution in [0.25, 0.3) is 22.0 Å². The van der Waals surface area contributed by atoms with E-state index in [2.05, 4.69) is 31.4 Å². The normalized spacial score (nSPS) is 11.1. The third-order valence-corrected chi connectivity index (χ3v) is 6.53. The lowest BCUT2D eigenvalue weighted by molar-refractivity contribution is 0.0734. The highest BCUT2D eigenvalue weighted by Crippen LogP contribution is 2.33. The topological polar surface area (TPSA) is 83.5 Å². The van der Waals surface area contributed by atoms with Crippen molar-refractivity contribution in [2.75, 3.05) is 0 Å². The number of halogens is 3. The summed E-state index contributed by atoms with van der Waals surface area (Å²) in [6, 6.07) is 25.4. The van der Waals surface area contributed by atoms with E-state index in [0.717, 1.165) is 5.56 Å². The zero-order valence-electron chi connectivity index (χ0n) is 19.5. The molecule has 0 aliphatic carbocycles. The summed E-state index contributed by atoms with van der Waals surface area (Å²) in [4.78, 5) is 28.7. The van der Waals surface area contributed by atoms with Crippen molar-refractivity contribution in [3.05, 3.63) is 123 Å². The molecule has 0 unspecified atom stereocenters. The van der Waals surface area contributed by atoms with Gasteiger partial charge in [-0.05, 0) is 42.0 Å². The zero-order valence-corrected chi connectivity index (χ0v) is 21.9. The lowest BCUT2D eigenvalue weighted by Gasteiger charge is -2.09. The summed E-state index contributed by atoms with van der Waals surface area (Å²) in [5.74, 6) is -1.46. The number of nitrogens with one attached hydrogen (secondary N) is 2. The summed E-state index contributed by atoms with van der Waals surface area (Å²) in [7, 11) is 0. The van der Waals surface area contributed by atoms with E-state index in [4.69, 9.17) is 16.3 Å². The minimum Gasteiger partial charge on any atom is -0.422 e. The van der Waals surface area contributed by atoms with Crippen LogP contribution in [0.15, 0.2) is 101 Å². The maximum atomic E-state index is 14.5. The first kappa shape index (κ1) is 25.4. The van der Waals surface area contributed by atoms with Gasteiger partial charge in [0.05, 0.1) is 22.3 Å². The van der Waals surface area contributed by atoms with Gasteiger partial charge in [0.1, 0.15) is 17.3 Å². The van der Waals surface area contributed by atoms with Crippen LogP contribution >= 0.6 is 27.5 Å². The molecule has 1 amide bonds. The van der Waals surface area contributed by atoms with E-state index in [1.165, 1.54) is 12.3 Å². The molecule has 38 heavy (non-hydrogen) atoms. The molecule has 1 aromatic heterocycles. The molecule has 0 atom stereocenters. The minimum atomic E-state index is -0.635. The molecule has 0 radical (unpaired) electrons. The molecule has 188 valence electrons. The van der Waals surface area contributed by atoms with Crippen LogP contribution in [0.4, 0.5) is 4.39 Å². The molecule has 1 heterocycles. The van der Waals surface area contributed by atoms with Gasteiger partial charge in [-0.3, -0.25) is 4.79 Å². The first-order chi connectivity index (χ1) is 18.4. The van der Waals surface area contributed by atoms with Crippen LogP contribution in [0.5, 0.6) is 5.75 Å². The van der Waals surface area contributed by atoms with Crippen molar-refractivity contribution < 1.29 is 18.7 Å². The highest BCUT2D eigenvalue weighted by Gasteiger charge is 2.21. The van der Waals surface area contributed by atoms with Crippen molar-refractivity contribution in [3.63, 3.8) is 0 Å².